The predicted molar refractivity (Wildman–Crippen MR) is 109 cm³/mol. The summed E-state index contributed by atoms with van der Waals surface area (Å²) in [7, 11) is 0. The highest BCUT2D eigenvalue weighted by Crippen LogP contribution is 2.18. The molecule has 2 N–H and O–H groups in total. The van der Waals surface area contributed by atoms with Crippen LogP contribution in [0.2, 0.25) is 5.02 Å². The van der Waals surface area contributed by atoms with Crippen molar-refractivity contribution in [3.63, 3.8) is 0 Å². The van der Waals surface area contributed by atoms with Crippen LogP contribution in [0.4, 0.5) is 11.4 Å². The Morgan fingerprint density at radius 1 is 0.840 bits per heavy atom. The van der Waals surface area contributed by atoms with E-state index < -0.39 is 0 Å². The van der Waals surface area contributed by atoms with Gasteiger partial charge in [0.25, 0.3) is 0 Å². The van der Waals surface area contributed by atoms with E-state index in [0.717, 1.165) is 48.3 Å². The molecule has 3 nitrogen and oxygen atoms in total. The molecule has 136 valence electrons. The van der Waals surface area contributed by atoms with Gasteiger partial charge in [0.15, 0.2) is 0 Å². The third kappa shape index (κ3) is 8.17. The van der Waals surface area contributed by atoms with Crippen LogP contribution in [0.25, 0.3) is 0 Å². The smallest absolute Gasteiger partial charge is 0.121 e. The molecule has 0 bridgehead atoms. The SMILES string of the molecule is CCCCCCCOc1cccc(NCCNc2ccc(Cl)cc2)c1. The van der Waals surface area contributed by atoms with E-state index >= 15 is 0 Å². The molecule has 0 saturated carbocycles. The van der Waals surface area contributed by atoms with Crippen molar-refractivity contribution in [2.24, 2.45) is 0 Å². The standard InChI is InChI=1S/C21H29ClN2O/c1-2-3-4-5-6-16-25-21-9-7-8-20(17-21)24-15-14-23-19-12-10-18(22)11-13-19/h7-13,17,23-24H,2-6,14-16H2,1H3. The molecule has 0 radical (unpaired) electrons. The van der Waals surface area contributed by atoms with E-state index in [1.54, 1.807) is 0 Å². The van der Waals surface area contributed by atoms with Gasteiger partial charge in [-0.3, -0.25) is 0 Å². The minimum atomic E-state index is 0.755. The molecule has 2 aromatic carbocycles. The molecule has 4 heteroatoms. The van der Waals surface area contributed by atoms with Crippen molar-refractivity contribution in [3.05, 3.63) is 53.6 Å². The van der Waals surface area contributed by atoms with Crippen LogP contribution in [0.1, 0.15) is 39.0 Å². The molecule has 0 aliphatic heterocycles. The second-order valence-electron chi connectivity index (χ2n) is 6.15. The number of hydrogen-bond donors (Lipinski definition) is 2. The Hall–Kier alpha value is -1.87. The molecular weight excluding hydrogens is 332 g/mol. The van der Waals surface area contributed by atoms with Crippen LogP contribution in [0.15, 0.2) is 48.5 Å². The Morgan fingerprint density at radius 2 is 1.56 bits per heavy atom. The van der Waals surface area contributed by atoms with Crippen molar-refractivity contribution in [2.45, 2.75) is 39.0 Å². The van der Waals surface area contributed by atoms with E-state index in [4.69, 9.17) is 16.3 Å². The molecule has 0 amide bonds. The van der Waals surface area contributed by atoms with Crippen molar-refractivity contribution >= 4 is 23.0 Å². The number of anilines is 2. The fourth-order valence-electron chi connectivity index (χ4n) is 2.57. The first-order valence-corrected chi connectivity index (χ1v) is 9.62. The zero-order chi connectivity index (χ0) is 17.7. The topological polar surface area (TPSA) is 33.3 Å². The van der Waals surface area contributed by atoms with E-state index in [0.29, 0.717) is 0 Å². The van der Waals surface area contributed by atoms with E-state index in [1.807, 2.05) is 36.4 Å². The Morgan fingerprint density at radius 3 is 2.32 bits per heavy atom. The van der Waals surface area contributed by atoms with Crippen molar-refractivity contribution < 1.29 is 4.74 Å². The lowest BCUT2D eigenvalue weighted by atomic mass is 10.2. The Labute approximate surface area is 156 Å². The number of hydrogen-bond acceptors (Lipinski definition) is 3. The van der Waals surface area contributed by atoms with Gasteiger partial charge in [-0.25, -0.2) is 0 Å². The molecular formula is C21H29ClN2O. The van der Waals surface area contributed by atoms with E-state index in [9.17, 15) is 0 Å². The maximum absolute atomic E-state index is 5.88. The monoisotopic (exact) mass is 360 g/mol. The molecule has 0 unspecified atom stereocenters. The second-order valence-corrected chi connectivity index (χ2v) is 6.59. The molecule has 2 rings (SSSR count). The number of rotatable bonds is 12. The first-order valence-electron chi connectivity index (χ1n) is 9.24. The Bertz CT molecular complexity index is 601. The number of unbranched alkanes of at least 4 members (excludes halogenated alkanes) is 4. The highest BCUT2D eigenvalue weighted by molar-refractivity contribution is 6.30. The molecule has 0 heterocycles. The van der Waals surface area contributed by atoms with E-state index in [1.165, 1.54) is 25.7 Å². The van der Waals surface area contributed by atoms with Crippen molar-refractivity contribution in [1.29, 1.82) is 0 Å². The highest BCUT2D eigenvalue weighted by Gasteiger charge is 1.98. The van der Waals surface area contributed by atoms with Crippen molar-refractivity contribution in [2.75, 3.05) is 30.3 Å². The quantitative estimate of drug-likeness (QED) is 0.441. The summed E-state index contributed by atoms with van der Waals surface area (Å²) in [4.78, 5) is 0. The van der Waals surface area contributed by atoms with Crippen molar-refractivity contribution in [3.8, 4) is 5.75 Å². The molecule has 0 aromatic heterocycles. The van der Waals surface area contributed by atoms with Gasteiger partial charge in [-0.2, -0.15) is 0 Å². The fourth-order valence-corrected chi connectivity index (χ4v) is 2.70. The van der Waals surface area contributed by atoms with Gasteiger partial charge in [-0.05, 0) is 42.8 Å². The molecule has 25 heavy (non-hydrogen) atoms. The summed E-state index contributed by atoms with van der Waals surface area (Å²) in [5, 5.41) is 7.53. The lowest BCUT2D eigenvalue weighted by Crippen LogP contribution is -2.13. The number of nitrogens with one attached hydrogen (secondary N) is 2. The summed E-state index contributed by atoms with van der Waals surface area (Å²) in [6.45, 7) is 4.71. The van der Waals surface area contributed by atoms with Gasteiger partial charge in [0, 0.05) is 35.6 Å². The van der Waals surface area contributed by atoms with Gasteiger partial charge >= 0.3 is 0 Å². The van der Waals surface area contributed by atoms with Gasteiger partial charge in [0.2, 0.25) is 0 Å². The molecule has 0 fully saturated rings. The summed E-state index contributed by atoms with van der Waals surface area (Å²) >= 11 is 5.88. The van der Waals surface area contributed by atoms with Gasteiger partial charge in [-0.1, -0.05) is 50.3 Å². The first kappa shape index (κ1) is 19.5. The molecule has 0 aliphatic rings. The van der Waals surface area contributed by atoms with Crippen LogP contribution < -0.4 is 15.4 Å². The van der Waals surface area contributed by atoms with Gasteiger partial charge in [-0.15, -0.1) is 0 Å². The third-order valence-corrected chi connectivity index (χ3v) is 4.23. The molecule has 2 aromatic rings. The van der Waals surface area contributed by atoms with Gasteiger partial charge < -0.3 is 15.4 Å². The number of ether oxygens (including phenoxy) is 1. The number of benzene rings is 2. The first-order chi connectivity index (χ1) is 12.3. The van der Waals surface area contributed by atoms with Crippen LogP contribution in [0, 0.1) is 0 Å². The van der Waals surface area contributed by atoms with Crippen molar-refractivity contribution in [1.82, 2.24) is 0 Å². The summed E-state index contributed by atoms with van der Waals surface area (Å²) in [6, 6.07) is 15.9. The average molecular weight is 361 g/mol. The summed E-state index contributed by atoms with van der Waals surface area (Å²) in [6.07, 6.45) is 6.29. The fraction of sp³-hybridized carbons (Fsp3) is 0.429. The predicted octanol–water partition coefficient (Wildman–Crippen LogP) is 6.21. The van der Waals surface area contributed by atoms with Crippen LogP contribution in [-0.4, -0.2) is 19.7 Å². The minimum Gasteiger partial charge on any atom is -0.494 e. The van der Waals surface area contributed by atoms with E-state index in [-0.39, 0.29) is 0 Å². The zero-order valence-corrected chi connectivity index (χ0v) is 15.8. The highest BCUT2D eigenvalue weighted by atomic mass is 35.5. The lowest BCUT2D eigenvalue weighted by Gasteiger charge is -2.11. The maximum Gasteiger partial charge on any atom is 0.121 e. The summed E-state index contributed by atoms with van der Waals surface area (Å²) < 4.78 is 5.85. The van der Waals surface area contributed by atoms with Crippen LogP contribution >= 0.6 is 11.6 Å². The normalized spacial score (nSPS) is 10.5. The summed E-state index contributed by atoms with van der Waals surface area (Å²) in [5.74, 6) is 0.936. The minimum absolute atomic E-state index is 0.755. The van der Waals surface area contributed by atoms with Crippen LogP contribution in [0.5, 0.6) is 5.75 Å². The third-order valence-electron chi connectivity index (χ3n) is 3.98. The van der Waals surface area contributed by atoms with Gasteiger partial charge in [0.1, 0.15) is 5.75 Å². The molecule has 0 atom stereocenters. The Kier molecular flexibility index (Phi) is 9.06. The van der Waals surface area contributed by atoms with Crippen LogP contribution in [0.3, 0.4) is 0 Å². The van der Waals surface area contributed by atoms with Crippen LogP contribution in [-0.2, 0) is 0 Å². The second kappa shape index (κ2) is 11.6. The zero-order valence-electron chi connectivity index (χ0n) is 15.1. The lowest BCUT2D eigenvalue weighted by molar-refractivity contribution is 0.304. The van der Waals surface area contributed by atoms with Gasteiger partial charge in [0.05, 0.1) is 6.61 Å². The largest absolute Gasteiger partial charge is 0.494 e. The maximum atomic E-state index is 5.88. The molecule has 0 aliphatic carbocycles. The average Bonchev–Trinajstić information content (AvgIpc) is 2.63. The molecule has 0 saturated heterocycles. The molecule has 0 spiro atoms. The Balaban J connectivity index is 1.64. The summed E-state index contributed by atoms with van der Waals surface area (Å²) in [5.41, 5.74) is 2.16. The van der Waals surface area contributed by atoms with E-state index in [2.05, 4.69) is 29.7 Å². The number of halogens is 1.